The topological polar surface area (TPSA) is 108 Å². The van der Waals surface area contributed by atoms with E-state index in [2.05, 4.69) is 5.32 Å². The normalized spacial score (nSPS) is 25.2. The summed E-state index contributed by atoms with van der Waals surface area (Å²) in [4.78, 5) is 11.8. The first kappa shape index (κ1) is 18.8. The fourth-order valence-corrected chi connectivity index (χ4v) is 4.04. The molecule has 1 fully saturated rings. The largest absolute Gasteiger partial charge is 0.417 e. The van der Waals surface area contributed by atoms with E-state index in [9.17, 15) is 31.5 Å². The third-order valence-corrected chi connectivity index (χ3v) is 5.42. The number of nitrogens with one attached hydrogen (secondary N) is 3. The van der Waals surface area contributed by atoms with Crippen LogP contribution in [0.25, 0.3) is 0 Å². The Balaban J connectivity index is 2.31. The number of anilines is 1. The van der Waals surface area contributed by atoms with Gasteiger partial charge in [-0.15, -0.1) is 0 Å². The van der Waals surface area contributed by atoms with E-state index in [1.54, 1.807) is 0 Å². The molecule has 134 valence electrons. The third-order valence-electron chi connectivity index (χ3n) is 3.28. The Kier molecular flexibility index (Phi) is 5.00. The van der Waals surface area contributed by atoms with Crippen molar-refractivity contribution in [1.82, 2.24) is 10.6 Å². The van der Waals surface area contributed by atoms with Gasteiger partial charge in [-0.1, -0.05) is 11.6 Å². The number of halogens is 4. The van der Waals surface area contributed by atoms with Gasteiger partial charge in [0.2, 0.25) is 15.9 Å². The lowest BCUT2D eigenvalue weighted by atomic mass is 10.2. The summed E-state index contributed by atoms with van der Waals surface area (Å²) in [6.45, 7) is 1.34. The molecule has 1 aliphatic heterocycles. The van der Waals surface area contributed by atoms with Crippen LogP contribution in [-0.4, -0.2) is 37.1 Å². The molecule has 1 aliphatic rings. The summed E-state index contributed by atoms with van der Waals surface area (Å²) < 4.78 is 65.0. The van der Waals surface area contributed by atoms with E-state index < -0.39 is 56.0 Å². The fraction of sp³-hybridized carbons (Fsp3) is 0.417. The quantitative estimate of drug-likeness (QED) is 0.615. The summed E-state index contributed by atoms with van der Waals surface area (Å²) in [5, 5.41) is 11.4. The number of alkyl halides is 3. The highest BCUT2D eigenvalue weighted by molar-refractivity contribution is 7.94. The molecule has 12 heteroatoms. The summed E-state index contributed by atoms with van der Waals surface area (Å²) in [5.41, 5.74) is -1.60. The van der Waals surface area contributed by atoms with Crippen LogP contribution in [0.2, 0.25) is 5.02 Å². The van der Waals surface area contributed by atoms with Gasteiger partial charge in [0.25, 0.3) is 0 Å². The number of aliphatic hydroxyl groups excluding tert-OH is 1. The predicted molar refractivity (Wildman–Crippen MR) is 79.5 cm³/mol. The minimum absolute atomic E-state index is 0.391. The lowest BCUT2D eigenvalue weighted by Crippen LogP contribution is -2.65. The molecule has 0 saturated carbocycles. The first-order chi connectivity index (χ1) is 10.9. The first-order valence-corrected chi connectivity index (χ1v) is 8.47. The lowest BCUT2D eigenvalue weighted by Gasteiger charge is -2.32. The van der Waals surface area contributed by atoms with Gasteiger partial charge in [0, 0.05) is 11.7 Å². The Bertz CT molecular complexity index is 756. The van der Waals surface area contributed by atoms with Crippen LogP contribution in [0.4, 0.5) is 18.9 Å². The van der Waals surface area contributed by atoms with Crippen LogP contribution < -0.4 is 15.4 Å². The molecule has 1 saturated heterocycles. The molecule has 7 nitrogen and oxygen atoms in total. The van der Waals surface area contributed by atoms with Crippen molar-refractivity contribution in [2.45, 2.75) is 30.7 Å². The summed E-state index contributed by atoms with van der Waals surface area (Å²) >= 11 is 5.46. The van der Waals surface area contributed by atoms with E-state index in [0.717, 1.165) is 12.1 Å². The number of carbonyl (C=O) groups excluding carboxylic acids is 1. The second-order valence-electron chi connectivity index (χ2n) is 5.13. The van der Waals surface area contributed by atoms with E-state index in [4.69, 9.17) is 11.6 Å². The van der Waals surface area contributed by atoms with E-state index in [1.807, 2.05) is 10.0 Å². The monoisotopic (exact) mass is 387 g/mol. The van der Waals surface area contributed by atoms with E-state index in [-0.39, 0.29) is 0 Å². The smallest absolute Gasteiger partial charge is 0.361 e. The Morgan fingerprint density at radius 1 is 1.33 bits per heavy atom. The maximum Gasteiger partial charge on any atom is 0.417 e. The molecule has 0 spiro atoms. The van der Waals surface area contributed by atoms with Crippen LogP contribution in [0.5, 0.6) is 0 Å². The summed E-state index contributed by atoms with van der Waals surface area (Å²) in [6.07, 6.45) is -6.18. The number of rotatable bonds is 3. The van der Waals surface area contributed by atoms with Gasteiger partial charge in [0.1, 0.15) is 0 Å². The van der Waals surface area contributed by atoms with Crippen molar-refractivity contribution in [3.63, 3.8) is 0 Å². The van der Waals surface area contributed by atoms with Crippen molar-refractivity contribution in [3.8, 4) is 0 Å². The highest BCUT2D eigenvalue weighted by Gasteiger charge is 2.42. The molecule has 2 rings (SSSR count). The van der Waals surface area contributed by atoms with Crippen molar-refractivity contribution < 1.29 is 31.5 Å². The van der Waals surface area contributed by atoms with Gasteiger partial charge in [-0.3, -0.25) is 14.8 Å². The molecule has 1 amide bonds. The Morgan fingerprint density at radius 2 is 1.96 bits per heavy atom. The predicted octanol–water partition coefficient (Wildman–Crippen LogP) is 0.853. The summed E-state index contributed by atoms with van der Waals surface area (Å²) in [6, 6.07) is 1.51. The van der Waals surface area contributed by atoms with Gasteiger partial charge in [-0.05, 0) is 25.1 Å². The van der Waals surface area contributed by atoms with Crippen LogP contribution in [0, 0.1) is 0 Å². The highest BCUT2D eigenvalue weighted by atomic mass is 35.5. The minimum Gasteiger partial charge on any atom is -0.361 e. The van der Waals surface area contributed by atoms with E-state index in [0.29, 0.717) is 6.07 Å². The van der Waals surface area contributed by atoms with Crippen molar-refractivity contribution >= 4 is 33.2 Å². The van der Waals surface area contributed by atoms with Gasteiger partial charge in [0.15, 0.2) is 11.6 Å². The number of carbonyl (C=O) groups is 1. The summed E-state index contributed by atoms with van der Waals surface area (Å²) in [7, 11) is -4.38. The van der Waals surface area contributed by atoms with Crippen molar-refractivity contribution in [2.24, 2.45) is 0 Å². The van der Waals surface area contributed by atoms with Gasteiger partial charge in [0.05, 0.1) is 10.6 Å². The van der Waals surface area contributed by atoms with Crippen LogP contribution in [-0.2, 0) is 21.0 Å². The molecule has 1 heterocycles. The number of hydrogen-bond acceptors (Lipinski definition) is 5. The molecule has 24 heavy (non-hydrogen) atoms. The number of hydrogen-bond donors (Lipinski definition) is 4. The molecule has 1 aromatic carbocycles. The maximum absolute atomic E-state index is 12.8. The molecule has 0 radical (unpaired) electrons. The Labute approximate surface area is 140 Å². The molecule has 1 aromatic rings. The zero-order valence-electron chi connectivity index (χ0n) is 12.1. The number of benzene rings is 1. The van der Waals surface area contributed by atoms with Crippen LogP contribution in [0.3, 0.4) is 0 Å². The Morgan fingerprint density at radius 3 is 2.50 bits per heavy atom. The average molecular weight is 388 g/mol. The highest BCUT2D eigenvalue weighted by Crippen LogP contribution is 2.36. The molecular formula is C12H13ClF3N3O4S. The first-order valence-electron chi connectivity index (χ1n) is 6.54. The lowest BCUT2D eigenvalue weighted by molar-refractivity contribution is -0.137. The number of sulfonamides is 1. The van der Waals surface area contributed by atoms with Gasteiger partial charge in [-0.25, -0.2) is 8.42 Å². The molecule has 3 unspecified atom stereocenters. The molecule has 3 atom stereocenters. The zero-order chi connectivity index (χ0) is 18.3. The van der Waals surface area contributed by atoms with Gasteiger partial charge < -0.3 is 10.4 Å². The van der Waals surface area contributed by atoms with E-state index in [1.165, 1.54) is 6.92 Å². The van der Waals surface area contributed by atoms with Crippen LogP contribution >= 0.6 is 11.6 Å². The van der Waals surface area contributed by atoms with Crippen molar-refractivity contribution in [1.29, 1.82) is 0 Å². The summed E-state index contributed by atoms with van der Waals surface area (Å²) in [5.74, 6) is -0.980. The third kappa shape index (κ3) is 3.91. The minimum atomic E-state index is -4.76. The fourth-order valence-electron chi connectivity index (χ4n) is 2.27. The molecule has 0 aromatic heterocycles. The van der Waals surface area contributed by atoms with Crippen LogP contribution in [0.15, 0.2) is 18.2 Å². The maximum atomic E-state index is 12.8. The SMILES string of the molecule is CC1NC(O)NC(=O)C1S(=O)(=O)Nc1ccc(Cl)c(C(F)(F)F)c1. The average Bonchev–Trinajstić information content (AvgIpc) is 2.37. The second kappa shape index (κ2) is 6.39. The molecule has 0 bridgehead atoms. The van der Waals surface area contributed by atoms with E-state index >= 15 is 0 Å². The van der Waals surface area contributed by atoms with Crippen molar-refractivity contribution in [3.05, 3.63) is 28.8 Å². The molecule has 0 aliphatic carbocycles. The van der Waals surface area contributed by atoms with Gasteiger partial charge in [-0.2, -0.15) is 13.2 Å². The molecule has 4 N–H and O–H groups in total. The van der Waals surface area contributed by atoms with Crippen molar-refractivity contribution in [2.75, 3.05) is 4.72 Å². The standard InChI is InChI=1S/C12H13ClF3N3O4S/c1-5-9(10(20)18-11(21)17-5)24(22,23)19-6-2-3-8(13)7(4-6)12(14,15)16/h2-5,9,11,17,19,21H,1H3,(H,18,20). The number of aliphatic hydroxyl groups is 1. The number of amides is 1. The Hall–Kier alpha value is -1.56. The van der Waals surface area contributed by atoms with Crippen LogP contribution in [0.1, 0.15) is 12.5 Å². The second-order valence-corrected chi connectivity index (χ2v) is 7.34. The molecular weight excluding hydrogens is 375 g/mol. The van der Waals surface area contributed by atoms with Gasteiger partial charge >= 0.3 is 6.18 Å². The zero-order valence-corrected chi connectivity index (χ0v) is 13.6.